The average molecular weight is 354 g/mol. The second kappa shape index (κ2) is 6.12. The number of urea groups is 1. The van der Waals surface area contributed by atoms with Crippen LogP contribution in [0.25, 0.3) is 0 Å². The number of carbonyl (C=O) groups excluding carboxylic acids is 1. The summed E-state index contributed by atoms with van der Waals surface area (Å²) >= 11 is 0. The van der Waals surface area contributed by atoms with Gasteiger partial charge in [0.1, 0.15) is 17.2 Å². The highest BCUT2D eigenvalue weighted by atomic mass is 16.5. The Morgan fingerprint density at radius 1 is 1.23 bits per heavy atom. The number of hydrogen-bond acceptors (Lipinski definition) is 4. The average Bonchev–Trinajstić information content (AvgIpc) is 2.64. The number of nitrogens with one attached hydrogen (secondary N) is 1. The van der Waals surface area contributed by atoms with E-state index in [0.717, 1.165) is 16.9 Å². The van der Waals surface area contributed by atoms with E-state index in [1.807, 2.05) is 49.4 Å². The summed E-state index contributed by atoms with van der Waals surface area (Å²) in [6.07, 6.45) is 0.689. The predicted molar refractivity (Wildman–Crippen MR) is 96.5 cm³/mol. The number of hydrogen-bond donors (Lipinski definition) is 1. The number of amides is 2. The van der Waals surface area contributed by atoms with E-state index in [1.54, 1.807) is 19.1 Å². The Hall–Kier alpha value is -2.89. The van der Waals surface area contributed by atoms with Gasteiger partial charge in [-0.15, -0.1) is 0 Å². The Balaban J connectivity index is 1.67. The standard InChI is InChI=1S/C20H22N2O4/c1-20-11-16(15-6-4-5-7-17(15)26-20)21-19(23)22(20)12-13-8-9-14(24-2)10-18(13)25-3/h4-10,16H,11-12H2,1-3H3,(H,21,23). The van der Waals surface area contributed by atoms with Gasteiger partial charge in [0.05, 0.1) is 26.8 Å². The van der Waals surface area contributed by atoms with Crippen LogP contribution in [0.5, 0.6) is 17.2 Å². The van der Waals surface area contributed by atoms with Gasteiger partial charge in [0.15, 0.2) is 5.72 Å². The Bertz CT molecular complexity index is 853. The van der Waals surface area contributed by atoms with Gasteiger partial charge in [0.25, 0.3) is 0 Å². The number of ether oxygens (including phenoxy) is 3. The minimum absolute atomic E-state index is 0.0357. The molecule has 2 unspecified atom stereocenters. The SMILES string of the molecule is COc1ccc(CN2C(=O)NC3CC2(C)Oc2ccccc23)c(OC)c1. The van der Waals surface area contributed by atoms with E-state index in [2.05, 4.69) is 5.32 Å². The zero-order chi connectivity index (χ0) is 18.3. The predicted octanol–water partition coefficient (Wildman–Crippen LogP) is 3.47. The van der Waals surface area contributed by atoms with Gasteiger partial charge in [0.2, 0.25) is 0 Å². The van der Waals surface area contributed by atoms with E-state index in [1.165, 1.54) is 0 Å². The van der Waals surface area contributed by atoms with Crippen molar-refractivity contribution in [2.75, 3.05) is 14.2 Å². The van der Waals surface area contributed by atoms with Crippen molar-refractivity contribution >= 4 is 6.03 Å². The smallest absolute Gasteiger partial charge is 0.321 e. The van der Waals surface area contributed by atoms with Gasteiger partial charge < -0.3 is 19.5 Å². The maximum Gasteiger partial charge on any atom is 0.321 e. The van der Waals surface area contributed by atoms with Crippen molar-refractivity contribution in [2.45, 2.75) is 31.7 Å². The molecule has 2 aromatic rings. The van der Waals surface area contributed by atoms with E-state index < -0.39 is 5.72 Å². The molecule has 2 amide bonds. The van der Waals surface area contributed by atoms with Gasteiger partial charge in [-0.2, -0.15) is 0 Å². The molecule has 0 aromatic heterocycles. The van der Waals surface area contributed by atoms with E-state index in [9.17, 15) is 4.79 Å². The van der Waals surface area contributed by atoms with Crippen molar-refractivity contribution in [3.8, 4) is 17.2 Å². The molecule has 1 fully saturated rings. The van der Waals surface area contributed by atoms with Crippen LogP contribution in [0.3, 0.4) is 0 Å². The molecule has 2 bridgehead atoms. The summed E-state index contributed by atoms with van der Waals surface area (Å²) in [6, 6.07) is 13.3. The number of para-hydroxylation sites is 1. The van der Waals surface area contributed by atoms with Crippen LogP contribution in [0.4, 0.5) is 4.79 Å². The lowest BCUT2D eigenvalue weighted by Gasteiger charge is -2.50. The lowest BCUT2D eigenvalue weighted by Crippen LogP contribution is -2.64. The molecular weight excluding hydrogens is 332 g/mol. The molecule has 2 aromatic carbocycles. The third-order valence-corrected chi connectivity index (χ3v) is 5.14. The van der Waals surface area contributed by atoms with Crippen LogP contribution in [-0.4, -0.2) is 30.9 Å². The molecule has 0 radical (unpaired) electrons. The molecule has 6 nitrogen and oxygen atoms in total. The topological polar surface area (TPSA) is 60.0 Å². The number of rotatable bonds is 4. The molecule has 136 valence electrons. The van der Waals surface area contributed by atoms with E-state index >= 15 is 0 Å². The zero-order valence-electron chi connectivity index (χ0n) is 15.1. The summed E-state index contributed by atoms with van der Waals surface area (Å²) in [7, 11) is 3.22. The molecule has 26 heavy (non-hydrogen) atoms. The summed E-state index contributed by atoms with van der Waals surface area (Å²) < 4.78 is 17.0. The normalized spacial score (nSPS) is 23.6. The van der Waals surface area contributed by atoms with Crippen molar-refractivity contribution in [1.82, 2.24) is 10.2 Å². The third kappa shape index (κ3) is 2.62. The number of nitrogens with zero attached hydrogens (tertiary/aromatic N) is 1. The second-order valence-electron chi connectivity index (χ2n) is 6.79. The monoisotopic (exact) mass is 354 g/mol. The largest absolute Gasteiger partial charge is 0.497 e. The molecular formula is C20H22N2O4. The van der Waals surface area contributed by atoms with Crippen LogP contribution in [-0.2, 0) is 6.54 Å². The summed E-state index contributed by atoms with van der Waals surface area (Å²) in [5.74, 6) is 2.21. The summed E-state index contributed by atoms with van der Waals surface area (Å²) in [6.45, 7) is 2.34. The number of carbonyl (C=O) groups is 1. The maximum atomic E-state index is 12.8. The Labute approximate surface area is 152 Å². The van der Waals surface area contributed by atoms with Gasteiger partial charge in [-0.3, -0.25) is 4.90 Å². The highest BCUT2D eigenvalue weighted by Gasteiger charge is 2.49. The van der Waals surface area contributed by atoms with Gasteiger partial charge in [-0.1, -0.05) is 18.2 Å². The summed E-state index contributed by atoms with van der Waals surface area (Å²) in [4.78, 5) is 14.5. The highest BCUT2D eigenvalue weighted by molar-refractivity contribution is 5.77. The van der Waals surface area contributed by atoms with Crippen molar-refractivity contribution < 1.29 is 19.0 Å². The molecule has 2 atom stereocenters. The van der Waals surface area contributed by atoms with Gasteiger partial charge in [-0.05, 0) is 25.1 Å². The highest BCUT2D eigenvalue weighted by Crippen LogP contribution is 2.44. The summed E-state index contributed by atoms with van der Waals surface area (Å²) in [5, 5.41) is 3.10. The van der Waals surface area contributed by atoms with Crippen molar-refractivity contribution in [1.29, 1.82) is 0 Å². The fourth-order valence-electron chi connectivity index (χ4n) is 3.76. The maximum absolute atomic E-state index is 12.8. The second-order valence-corrected chi connectivity index (χ2v) is 6.79. The Kier molecular flexibility index (Phi) is 3.90. The molecule has 1 saturated heterocycles. The third-order valence-electron chi connectivity index (χ3n) is 5.14. The van der Waals surface area contributed by atoms with Crippen molar-refractivity contribution in [3.05, 3.63) is 53.6 Å². The van der Waals surface area contributed by atoms with Gasteiger partial charge in [-0.25, -0.2) is 4.79 Å². The van der Waals surface area contributed by atoms with Crippen LogP contribution in [0.15, 0.2) is 42.5 Å². The fraction of sp³-hybridized carbons (Fsp3) is 0.350. The molecule has 4 rings (SSSR count). The fourth-order valence-corrected chi connectivity index (χ4v) is 3.76. The number of fused-ring (bicyclic) bond motifs is 4. The first kappa shape index (κ1) is 16.6. The minimum Gasteiger partial charge on any atom is -0.497 e. The number of benzene rings is 2. The lowest BCUT2D eigenvalue weighted by atomic mass is 9.90. The molecule has 6 heteroatoms. The molecule has 1 N–H and O–H groups in total. The molecule has 2 aliphatic rings. The molecule has 0 spiro atoms. The van der Waals surface area contributed by atoms with Crippen LogP contribution in [0.1, 0.15) is 30.5 Å². The molecule has 0 aliphatic carbocycles. The van der Waals surface area contributed by atoms with Gasteiger partial charge >= 0.3 is 6.03 Å². The van der Waals surface area contributed by atoms with Crippen LogP contribution < -0.4 is 19.5 Å². The van der Waals surface area contributed by atoms with Gasteiger partial charge in [0, 0.05) is 23.6 Å². The first-order valence-electron chi connectivity index (χ1n) is 8.61. The van der Waals surface area contributed by atoms with E-state index in [0.29, 0.717) is 24.5 Å². The first-order valence-corrected chi connectivity index (χ1v) is 8.61. The van der Waals surface area contributed by atoms with E-state index in [4.69, 9.17) is 14.2 Å². The van der Waals surface area contributed by atoms with Crippen LogP contribution in [0.2, 0.25) is 0 Å². The van der Waals surface area contributed by atoms with Crippen molar-refractivity contribution in [3.63, 3.8) is 0 Å². The van der Waals surface area contributed by atoms with Crippen LogP contribution >= 0.6 is 0 Å². The molecule has 2 aliphatic heterocycles. The Morgan fingerprint density at radius 2 is 2.04 bits per heavy atom. The summed E-state index contributed by atoms with van der Waals surface area (Å²) in [5.41, 5.74) is 1.21. The van der Waals surface area contributed by atoms with Crippen LogP contribution in [0, 0.1) is 0 Å². The zero-order valence-corrected chi connectivity index (χ0v) is 15.1. The quantitative estimate of drug-likeness (QED) is 0.913. The minimum atomic E-state index is -0.716. The molecule has 0 saturated carbocycles. The van der Waals surface area contributed by atoms with E-state index in [-0.39, 0.29) is 12.1 Å². The lowest BCUT2D eigenvalue weighted by molar-refractivity contribution is -0.0880. The Morgan fingerprint density at radius 3 is 2.81 bits per heavy atom. The molecule has 2 heterocycles. The van der Waals surface area contributed by atoms with Crippen molar-refractivity contribution in [2.24, 2.45) is 0 Å². The first-order chi connectivity index (χ1) is 12.5. The number of methoxy groups -OCH3 is 2.